The lowest BCUT2D eigenvalue weighted by Crippen LogP contribution is -2.53. The van der Waals surface area contributed by atoms with Crippen molar-refractivity contribution >= 4 is 5.91 Å². The molecule has 2 atom stereocenters. The molecule has 0 aromatic heterocycles. The lowest BCUT2D eigenvalue weighted by molar-refractivity contribution is -0.130. The van der Waals surface area contributed by atoms with Gasteiger partial charge in [-0.15, -0.1) is 0 Å². The van der Waals surface area contributed by atoms with Crippen molar-refractivity contribution in [3.8, 4) is 0 Å². The van der Waals surface area contributed by atoms with Gasteiger partial charge in [0.2, 0.25) is 5.91 Å². The molecule has 0 radical (unpaired) electrons. The van der Waals surface area contributed by atoms with E-state index in [-0.39, 0.29) is 0 Å². The zero-order valence-corrected chi connectivity index (χ0v) is 20.8. The zero-order chi connectivity index (χ0) is 22.0. The van der Waals surface area contributed by atoms with Crippen LogP contribution in [0.4, 0.5) is 0 Å². The molecule has 172 valence electrons. The second-order valence-corrected chi connectivity index (χ2v) is 8.79. The summed E-state index contributed by atoms with van der Waals surface area (Å²) in [5, 5.41) is 0. The minimum atomic E-state index is 0.369. The summed E-state index contributed by atoms with van der Waals surface area (Å²) < 4.78 is 0. The Hall–Kier alpha value is -0.650. The van der Waals surface area contributed by atoms with E-state index in [1.807, 2.05) is 27.7 Å². The molecular weight excluding hydrogens is 360 g/mol. The maximum atomic E-state index is 11.4. The summed E-state index contributed by atoms with van der Waals surface area (Å²) in [6, 6.07) is 2.77. The maximum absolute atomic E-state index is 11.4. The van der Waals surface area contributed by atoms with Gasteiger partial charge in [0.05, 0.1) is 0 Å². The van der Waals surface area contributed by atoms with Crippen molar-refractivity contribution in [2.45, 2.75) is 105 Å². The summed E-state index contributed by atoms with van der Waals surface area (Å²) in [6.45, 7) is 25.4. The van der Waals surface area contributed by atoms with Crippen LogP contribution in [0.15, 0.2) is 0 Å². The Balaban J connectivity index is 0.000000248. The molecule has 4 aliphatic rings. The molecule has 5 nitrogen and oxygen atoms in total. The Labute approximate surface area is 181 Å². The van der Waals surface area contributed by atoms with Gasteiger partial charge in [0, 0.05) is 69.9 Å². The summed E-state index contributed by atoms with van der Waals surface area (Å²) in [5.41, 5.74) is 0. The van der Waals surface area contributed by atoms with Crippen LogP contribution in [0.1, 0.15) is 81.1 Å². The van der Waals surface area contributed by atoms with Crippen molar-refractivity contribution in [3.05, 3.63) is 0 Å². The molecule has 5 heteroatoms. The van der Waals surface area contributed by atoms with Crippen LogP contribution in [-0.4, -0.2) is 95.5 Å². The first-order valence-electron chi connectivity index (χ1n) is 12.5. The number of piperazine rings is 2. The molecular formula is C24H50N4O. The minimum Gasteiger partial charge on any atom is -0.337 e. The van der Waals surface area contributed by atoms with Crippen LogP contribution in [0.3, 0.4) is 0 Å². The van der Waals surface area contributed by atoms with Crippen LogP contribution in [0.5, 0.6) is 0 Å². The molecule has 0 N–H and O–H groups in total. The molecule has 0 aliphatic carbocycles. The summed E-state index contributed by atoms with van der Waals surface area (Å²) in [6.07, 6.45) is 4.71. The van der Waals surface area contributed by atoms with Gasteiger partial charge in [0.1, 0.15) is 0 Å². The Morgan fingerprint density at radius 1 is 0.724 bits per heavy atom. The normalized spacial score (nSPS) is 27.4. The third-order valence-corrected chi connectivity index (χ3v) is 6.61. The molecule has 0 saturated carbocycles. The average molecular weight is 411 g/mol. The first-order valence-corrected chi connectivity index (χ1v) is 12.5. The Morgan fingerprint density at radius 3 is 1.86 bits per heavy atom. The van der Waals surface area contributed by atoms with E-state index < -0.39 is 0 Å². The van der Waals surface area contributed by atoms with Crippen molar-refractivity contribution in [1.29, 1.82) is 0 Å². The highest BCUT2D eigenvalue weighted by atomic mass is 16.2. The molecule has 1 amide bonds. The number of hydrogen-bond acceptors (Lipinski definition) is 4. The monoisotopic (exact) mass is 410 g/mol. The first kappa shape index (κ1) is 26.4. The first-order chi connectivity index (χ1) is 14.0. The van der Waals surface area contributed by atoms with Gasteiger partial charge in [-0.1, -0.05) is 27.7 Å². The van der Waals surface area contributed by atoms with Gasteiger partial charge in [0.25, 0.3) is 0 Å². The van der Waals surface area contributed by atoms with E-state index in [2.05, 4.69) is 47.3 Å². The van der Waals surface area contributed by atoms with Crippen LogP contribution >= 0.6 is 0 Å². The molecule has 0 aromatic rings. The van der Waals surface area contributed by atoms with Crippen LogP contribution in [0.2, 0.25) is 0 Å². The summed E-state index contributed by atoms with van der Waals surface area (Å²) >= 11 is 0. The van der Waals surface area contributed by atoms with E-state index in [4.69, 9.17) is 0 Å². The topological polar surface area (TPSA) is 30.0 Å². The third kappa shape index (κ3) is 7.52. The molecule has 0 spiro atoms. The maximum Gasteiger partial charge on any atom is 0.222 e. The minimum absolute atomic E-state index is 0.369. The van der Waals surface area contributed by atoms with Gasteiger partial charge >= 0.3 is 0 Å². The quantitative estimate of drug-likeness (QED) is 0.690. The molecule has 4 aliphatic heterocycles. The Morgan fingerprint density at radius 2 is 1.28 bits per heavy atom. The van der Waals surface area contributed by atoms with Crippen molar-refractivity contribution in [3.63, 3.8) is 0 Å². The second kappa shape index (κ2) is 13.6. The number of carbonyl (C=O) groups is 1. The third-order valence-electron chi connectivity index (χ3n) is 6.61. The molecule has 4 heterocycles. The van der Waals surface area contributed by atoms with Crippen LogP contribution in [0.25, 0.3) is 0 Å². The average Bonchev–Trinajstić information content (AvgIpc) is 3.37. The van der Waals surface area contributed by atoms with E-state index in [1.165, 1.54) is 39.0 Å². The van der Waals surface area contributed by atoms with E-state index in [0.717, 1.165) is 44.6 Å². The van der Waals surface area contributed by atoms with Gasteiger partial charge in [-0.3, -0.25) is 19.5 Å². The number of nitrogens with zero attached hydrogens (tertiary/aromatic N) is 4. The molecule has 2 unspecified atom stereocenters. The smallest absolute Gasteiger partial charge is 0.222 e. The molecule has 29 heavy (non-hydrogen) atoms. The summed E-state index contributed by atoms with van der Waals surface area (Å²) in [4.78, 5) is 21.2. The number of fused-ring (bicyclic) bond motifs is 2. The summed E-state index contributed by atoms with van der Waals surface area (Å²) in [7, 11) is 0. The van der Waals surface area contributed by atoms with Gasteiger partial charge < -0.3 is 4.90 Å². The Kier molecular flexibility index (Phi) is 12.4. The van der Waals surface area contributed by atoms with E-state index in [1.54, 1.807) is 0 Å². The largest absolute Gasteiger partial charge is 0.337 e. The SMILES string of the molecule is CC.CC.CC(C)N1CCN2C(=O)CCC2C1.CC(C)N1CCN2CCCC2C1. The van der Waals surface area contributed by atoms with Crippen molar-refractivity contribution in [2.75, 3.05) is 45.8 Å². The van der Waals surface area contributed by atoms with E-state index in [9.17, 15) is 4.79 Å². The van der Waals surface area contributed by atoms with Crippen molar-refractivity contribution in [1.82, 2.24) is 19.6 Å². The van der Waals surface area contributed by atoms with E-state index >= 15 is 0 Å². The van der Waals surface area contributed by atoms with Gasteiger partial charge in [-0.2, -0.15) is 0 Å². The highest BCUT2D eigenvalue weighted by molar-refractivity contribution is 5.78. The van der Waals surface area contributed by atoms with Crippen molar-refractivity contribution in [2.24, 2.45) is 0 Å². The highest BCUT2D eigenvalue weighted by Gasteiger charge is 2.35. The lowest BCUT2D eigenvalue weighted by atomic mass is 10.1. The standard InChI is InChI=1S/C10H18N2O.C10H20N2.2C2H6/c1-8(2)11-5-6-12-9(7-11)3-4-10(12)13;1-9(2)12-7-6-11-5-3-4-10(11)8-12;2*1-2/h8-9H,3-7H2,1-2H3;9-10H,3-8H2,1-2H3;2*1-2H3. The predicted molar refractivity (Wildman–Crippen MR) is 125 cm³/mol. The number of carbonyl (C=O) groups excluding carboxylic acids is 1. The fourth-order valence-electron chi connectivity index (χ4n) is 4.84. The second-order valence-electron chi connectivity index (χ2n) is 8.79. The van der Waals surface area contributed by atoms with Gasteiger partial charge in [-0.25, -0.2) is 0 Å². The molecule has 0 aromatic carbocycles. The van der Waals surface area contributed by atoms with Crippen LogP contribution in [0, 0.1) is 0 Å². The molecule has 4 fully saturated rings. The van der Waals surface area contributed by atoms with Gasteiger partial charge in [-0.05, 0) is 53.5 Å². The highest BCUT2D eigenvalue weighted by Crippen LogP contribution is 2.24. The fourth-order valence-corrected chi connectivity index (χ4v) is 4.84. The Bertz CT molecular complexity index is 454. The van der Waals surface area contributed by atoms with E-state index in [0.29, 0.717) is 18.0 Å². The van der Waals surface area contributed by atoms with Crippen molar-refractivity contribution < 1.29 is 4.79 Å². The number of rotatable bonds is 2. The number of amides is 1. The number of hydrogen-bond donors (Lipinski definition) is 0. The summed E-state index contributed by atoms with van der Waals surface area (Å²) in [5.74, 6) is 0.369. The fraction of sp³-hybridized carbons (Fsp3) is 0.958. The molecule has 4 rings (SSSR count). The van der Waals surface area contributed by atoms with Gasteiger partial charge in [0.15, 0.2) is 0 Å². The zero-order valence-electron chi connectivity index (χ0n) is 20.8. The lowest BCUT2D eigenvalue weighted by Gasteiger charge is -2.39. The van der Waals surface area contributed by atoms with Crippen LogP contribution in [-0.2, 0) is 4.79 Å². The van der Waals surface area contributed by atoms with Crippen LogP contribution < -0.4 is 0 Å². The molecule has 4 saturated heterocycles. The predicted octanol–water partition coefficient (Wildman–Crippen LogP) is 3.93. The molecule has 0 bridgehead atoms.